The lowest BCUT2D eigenvalue weighted by molar-refractivity contribution is 0.103. The van der Waals surface area contributed by atoms with Crippen molar-refractivity contribution >= 4 is 17.1 Å². The van der Waals surface area contributed by atoms with Crippen molar-refractivity contribution in [1.82, 2.24) is 0 Å². The summed E-state index contributed by atoms with van der Waals surface area (Å²) in [5, 5.41) is 18.6. The molecule has 1 heterocycles. The van der Waals surface area contributed by atoms with Crippen LogP contribution in [0, 0.1) is 11.6 Å². The highest BCUT2D eigenvalue weighted by molar-refractivity contribution is 7.17. The van der Waals surface area contributed by atoms with Crippen LogP contribution >= 0.6 is 11.3 Å². The first-order valence-electron chi connectivity index (χ1n) is 6.58. The van der Waals surface area contributed by atoms with Crippen LogP contribution in [0.1, 0.15) is 15.2 Å². The van der Waals surface area contributed by atoms with Gasteiger partial charge in [-0.05, 0) is 54.1 Å². The summed E-state index contributed by atoms with van der Waals surface area (Å²) < 4.78 is 27.6. The second-order valence-corrected chi connectivity index (χ2v) is 5.88. The van der Waals surface area contributed by atoms with Gasteiger partial charge in [-0.2, -0.15) is 0 Å². The van der Waals surface area contributed by atoms with Crippen LogP contribution in [0.25, 0.3) is 10.4 Å². The Morgan fingerprint density at radius 3 is 2.30 bits per heavy atom. The van der Waals surface area contributed by atoms with Gasteiger partial charge in [0.25, 0.3) is 0 Å². The molecule has 0 spiro atoms. The average molecular weight is 332 g/mol. The molecule has 0 atom stereocenters. The van der Waals surface area contributed by atoms with E-state index in [0.29, 0.717) is 4.88 Å². The number of hydrogen-bond donors (Lipinski definition) is 2. The second-order valence-electron chi connectivity index (χ2n) is 4.80. The summed E-state index contributed by atoms with van der Waals surface area (Å²) in [5.41, 5.74) is -0.00666. The highest BCUT2D eigenvalue weighted by Crippen LogP contribution is 2.32. The van der Waals surface area contributed by atoms with E-state index in [1.165, 1.54) is 18.2 Å². The van der Waals surface area contributed by atoms with Crippen LogP contribution in [-0.4, -0.2) is 16.0 Å². The van der Waals surface area contributed by atoms with Crippen LogP contribution in [0.3, 0.4) is 0 Å². The number of phenols is 2. The number of hydrogen-bond acceptors (Lipinski definition) is 4. The largest absolute Gasteiger partial charge is 0.508 e. The fraction of sp³-hybridized carbons (Fsp3) is 0. The van der Waals surface area contributed by atoms with E-state index in [2.05, 4.69) is 0 Å². The lowest BCUT2D eigenvalue weighted by Crippen LogP contribution is -2.05. The highest BCUT2D eigenvalue weighted by Gasteiger charge is 2.23. The molecule has 0 fully saturated rings. The molecule has 23 heavy (non-hydrogen) atoms. The van der Waals surface area contributed by atoms with Gasteiger partial charge in [-0.25, -0.2) is 8.78 Å². The quantitative estimate of drug-likeness (QED) is 0.702. The molecule has 0 aliphatic carbocycles. The molecule has 0 saturated heterocycles. The predicted molar refractivity (Wildman–Crippen MR) is 82.9 cm³/mol. The third-order valence-electron chi connectivity index (χ3n) is 3.28. The Morgan fingerprint density at radius 2 is 1.61 bits per heavy atom. The molecule has 3 aromatic rings. The molecule has 1 aromatic heterocycles. The van der Waals surface area contributed by atoms with E-state index >= 15 is 0 Å². The molecule has 0 amide bonds. The molecule has 0 unspecified atom stereocenters. The predicted octanol–water partition coefficient (Wildman–Crippen LogP) is 4.34. The van der Waals surface area contributed by atoms with Gasteiger partial charge in [-0.3, -0.25) is 4.79 Å². The summed E-state index contributed by atoms with van der Waals surface area (Å²) in [6, 6.07) is 11.2. The van der Waals surface area contributed by atoms with Crippen molar-refractivity contribution in [3.05, 3.63) is 70.6 Å². The highest BCUT2D eigenvalue weighted by atomic mass is 32.1. The summed E-state index contributed by atoms with van der Waals surface area (Å²) in [6.45, 7) is 0. The first-order chi connectivity index (χ1) is 11.0. The van der Waals surface area contributed by atoms with Gasteiger partial charge in [0.15, 0.2) is 11.6 Å². The Labute approximate surface area is 134 Å². The van der Waals surface area contributed by atoms with Crippen LogP contribution < -0.4 is 0 Å². The van der Waals surface area contributed by atoms with Crippen molar-refractivity contribution in [2.24, 2.45) is 0 Å². The number of halogens is 2. The minimum atomic E-state index is -1.27. The first kappa shape index (κ1) is 15.2. The SMILES string of the molecule is O=C(c1ccc(-c2ccc(O)cc2)s1)c1c(F)ccc(O)c1F. The van der Waals surface area contributed by atoms with Gasteiger partial charge >= 0.3 is 0 Å². The van der Waals surface area contributed by atoms with E-state index in [0.717, 1.165) is 29.0 Å². The lowest BCUT2D eigenvalue weighted by Gasteiger charge is -2.04. The molecule has 6 heteroatoms. The molecule has 0 bridgehead atoms. The third-order valence-corrected chi connectivity index (χ3v) is 4.41. The number of ketones is 1. The first-order valence-corrected chi connectivity index (χ1v) is 7.40. The second kappa shape index (κ2) is 5.81. The van der Waals surface area contributed by atoms with Gasteiger partial charge in [-0.15, -0.1) is 11.3 Å². The van der Waals surface area contributed by atoms with E-state index in [1.807, 2.05) is 0 Å². The molecular weight excluding hydrogens is 322 g/mol. The van der Waals surface area contributed by atoms with E-state index in [1.54, 1.807) is 18.2 Å². The number of rotatable bonds is 3. The smallest absolute Gasteiger partial charge is 0.209 e. The lowest BCUT2D eigenvalue weighted by atomic mass is 10.1. The Balaban J connectivity index is 1.99. The summed E-state index contributed by atoms with van der Waals surface area (Å²) in [7, 11) is 0. The number of carbonyl (C=O) groups excluding carboxylic acids is 1. The normalized spacial score (nSPS) is 10.7. The maximum Gasteiger partial charge on any atom is 0.209 e. The monoisotopic (exact) mass is 332 g/mol. The van der Waals surface area contributed by atoms with Crippen LogP contribution in [0.4, 0.5) is 8.78 Å². The maximum absolute atomic E-state index is 13.8. The molecule has 0 aliphatic heterocycles. The van der Waals surface area contributed by atoms with Crippen LogP contribution in [0.15, 0.2) is 48.5 Å². The van der Waals surface area contributed by atoms with Crippen molar-refractivity contribution in [3.8, 4) is 21.9 Å². The molecule has 3 rings (SSSR count). The van der Waals surface area contributed by atoms with Crippen molar-refractivity contribution in [1.29, 1.82) is 0 Å². The fourth-order valence-electron chi connectivity index (χ4n) is 2.11. The van der Waals surface area contributed by atoms with E-state index in [9.17, 15) is 23.8 Å². The number of aromatic hydroxyl groups is 2. The average Bonchev–Trinajstić information content (AvgIpc) is 3.02. The van der Waals surface area contributed by atoms with Gasteiger partial charge in [0.1, 0.15) is 11.6 Å². The van der Waals surface area contributed by atoms with Crippen LogP contribution in [0.2, 0.25) is 0 Å². The van der Waals surface area contributed by atoms with Gasteiger partial charge < -0.3 is 10.2 Å². The van der Waals surface area contributed by atoms with Crippen molar-refractivity contribution < 1.29 is 23.8 Å². The molecular formula is C17H10F2O3S. The summed E-state index contributed by atoms with van der Waals surface area (Å²) in [4.78, 5) is 13.2. The molecule has 2 N–H and O–H groups in total. The molecule has 0 radical (unpaired) electrons. The zero-order valence-corrected chi connectivity index (χ0v) is 12.4. The van der Waals surface area contributed by atoms with Crippen molar-refractivity contribution in [2.45, 2.75) is 0 Å². The third kappa shape index (κ3) is 2.80. The van der Waals surface area contributed by atoms with E-state index in [-0.39, 0.29) is 10.6 Å². The molecule has 0 aliphatic rings. The zero-order chi connectivity index (χ0) is 16.6. The number of thiophene rings is 1. The zero-order valence-electron chi connectivity index (χ0n) is 11.6. The number of benzene rings is 2. The van der Waals surface area contributed by atoms with Gasteiger partial charge in [0, 0.05) is 4.88 Å². The minimum Gasteiger partial charge on any atom is -0.508 e. The van der Waals surface area contributed by atoms with Crippen LogP contribution in [0.5, 0.6) is 11.5 Å². The summed E-state index contributed by atoms with van der Waals surface area (Å²) in [5.74, 6) is -3.78. The molecule has 0 saturated carbocycles. The van der Waals surface area contributed by atoms with Crippen molar-refractivity contribution in [2.75, 3.05) is 0 Å². The summed E-state index contributed by atoms with van der Waals surface area (Å²) in [6.07, 6.45) is 0. The van der Waals surface area contributed by atoms with E-state index in [4.69, 9.17) is 0 Å². The van der Waals surface area contributed by atoms with Crippen molar-refractivity contribution in [3.63, 3.8) is 0 Å². The Hall–Kier alpha value is -2.73. The van der Waals surface area contributed by atoms with E-state index < -0.39 is 28.7 Å². The number of phenolic OH excluding ortho intramolecular Hbond substituents is 2. The summed E-state index contributed by atoms with van der Waals surface area (Å²) >= 11 is 1.07. The Morgan fingerprint density at radius 1 is 0.913 bits per heavy atom. The van der Waals surface area contributed by atoms with Crippen LogP contribution in [-0.2, 0) is 0 Å². The minimum absolute atomic E-state index is 0.116. The number of carbonyl (C=O) groups is 1. The van der Waals surface area contributed by atoms with Gasteiger partial charge in [0.2, 0.25) is 5.78 Å². The Kier molecular flexibility index (Phi) is 3.83. The standard InChI is InChI=1S/C17H10F2O3S/c18-11-5-6-12(21)16(19)15(11)17(22)14-8-7-13(23-14)9-1-3-10(20)4-2-9/h1-8,20-21H. The fourth-order valence-corrected chi connectivity index (χ4v) is 3.07. The molecule has 116 valence electrons. The maximum atomic E-state index is 13.8. The van der Waals surface area contributed by atoms with Gasteiger partial charge in [-0.1, -0.05) is 0 Å². The Bertz CT molecular complexity index is 885. The molecule has 3 nitrogen and oxygen atoms in total. The molecule has 2 aromatic carbocycles. The topological polar surface area (TPSA) is 57.5 Å². The van der Waals surface area contributed by atoms with Gasteiger partial charge in [0.05, 0.1) is 10.4 Å².